The second-order valence-corrected chi connectivity index (χ2v) is 7.70. The summed E-state index contributed by atoms with van der Waals surface area (Å²) in [6.07, 6.45) is 0. The summed E-state index contributed by atoms with van der Waals surface area (Å²) in [6, 6.07) is 15.8. The van der Waals surface area contributed by atoms with Crippen LogP contribution in [0.5, 0.6) is 0 Å². The Morgan fingerprint density at radius 1 is 1.07 bits per heavy atom. The molecular weight excluding hydrogens is 356 g/mol. The molecule has 0 aromatic heterocycles. The molecule has 0 heterocycles. The van der Waals surface area contributed by atoms with Crippen LogP contribution in [0.4, 0.5) is 0 Å². The Morgan fingerprint density at radius 2 is 1.74 bits per heavy atom. The van der Waals surface area contributed by atoms with E-state index < -0.39 is 6.04 Å². The minimum Gasteiger partial charge on any atom is -0.357 e. The van der Waals surface area contributed by atoms with Crippen molar-refractivity contribution >= 4 is 23.6 Å². The Labute approximate surface area is 166 Å². The Hall–Kier alpha value is -2.27. The molecule has 144 valence electrons. The van der Waals surface area contributed by atoms with Crippen LogP contribution in [0.15, 0.2) is 48.5 Å². The average molecular weight is 385 g/mol. The molecule has 0 aliphatic rings. The number of benzene rings is 2. The zero-order valence-corrected chi connectivity index (χ0v) is 17.3. The number of hydrogen-bond acceptors (Lipinski definition) is 3. The van der Waals surface area contributed by atoms with Gasteiger partial charge in [-0.1, -0.05) is 54.1 Å². The van der Waals surface area contributed by atoms with Gasteiger partial charge in [-0.05, 0) is 37.5 Å². The smallest absolute Gasteiger partial charge is 0.242 e. The van der Waals surface area contributed by atoms with Gasteiger partial charge in [-0.2, -0.15) is 0 Å². The quantitative estimate of drug-likeness (QED) is 0.755. The van der Waals surface area contributed by atoms with Gasteiger partial charge in [-0.3, -0.25) is 9.59 Å². The number of carbonyl (C=O) groups is 2. The second-order valence-electron chi connectivity index (χ2n) is 6.72. The maximum absolute atomic E-state index is 12.9. The van der Waals surface area contributed by atoms with Gasteiger partial charge in [0.2, 0.25) is 11.8 Å². The van der Waals surface area contributed by atoms with Crippen LogP contribution in [0, 0.1) is 13.8 Å². The summed E-state index contributed by atoms with van der Waals surface area (Å²) in [5.74, 6) is 0.951. The summed E-state index contributed by atoms with van der Waals surface area (Å²) in [7, 11) is 1.60. The summed E-state index contributed by atoms with van der Waals surface area (Å²) < 4.78 is 0. The fourth-order valence-corrected chi connectivity index (χ4v) is 3.66. The number of carbonyl (C=O) groups excluding carboxylic acids is 2. The lowest BCUT2D eigenvalue weighted by Gasteiger charge is -2.29. The number of likely N-dealkylation sites (N-methyl/N-ethyl adjacent to an activating group) is 1. The molecule has 2 aromatic rings. The van der Waals surface area contributed by atoms with E-state index in [0.29, 0.717) is 12.3 Å². The molecule has 27 heavy (non-hydrogen) atoms. The molecule has 0 saturated heterocycles. The van der Waals surface area contributed by atoms with Crippen molar-refractivity contribution in [2.24, 2.45) is 0 Å². The highest BCUT2D eigenvalue weighted by Crippen LogP contribution is 2.17. The van der Waals surface area contributed by atoms with Crippen molar-refractivity contribution in [1.82, 2.24) is 10.2 Å². The molecule has 1 N–H and O–H groups in total. The molecule has 0 bridgehead atoms. The number of hydrogen-bond donors (Lipinski definition) is 1. The molecular formula is C22H28N2O2S. The van der Waals surface area contributed by atoms with Crippen LogP contribution in [0.2, 0.25) is 0 Å². The van der Waals surface area contributed by atoms with Gasteiger partial charge in [0.05, 0.1) is 5.75 Å². The summed E-state index contributed by atoms with van der Waals surface area (Å²) in [6.45, 7) is 6.30. The van der Waals surface area contributed by atoms with Crippen molar-refractivity contribution in [1.29, 1.82) is 0 Å². The maximum Gasteiger partial charge on any atom is 0.242 e. The van der Waals surface area contributed by atoms with Crippen molar-refractivity contribution < 1.29 is 9.59 Å². The first kappa shape index (κ1) is 21.0. The molecule has 5 heteroatoms. The zero-order valence-electron chi connectivity index (χ0n) is 16.5. The Balaban J connectivity index is 2.04. The summed E-state index contributed by atoms with van der Waals surface area (Å²) in [5.41, 5.74) is 4.60. The van der Waals surface area contributed by atoms with Crippen molar-refractivity contribution in [2.75, 3.05) is 12.8 Å². The van der Waals surface area contributed by atoms with Gasteiger partial charge in [0, 0.05) is 19.3 Å². The number of nitrogens with zero attached hydrogens (tertiary/aromatic N) is 1. The van der Waals surface area contributed by atoms with Crippen LogP contribution in [0.25, 0.3) is 0 Å². The lowest BCUT2D eigenvalue weighted by Crippen LogP contribution is -2.47. The number of amides is 2. The van der Waals surface area contributed by atoms with E-state index in [4.69, 9.17) is 0 Å². The molecule has 4 nitrogen and oxygen atoms in total. The van der Waals surface area contributed by atoms with Gasteiger partial charge < -0.3 is 10.2 Å². The molecule has 0 fully saturated rings. The highest BCUT2D eigenvalue weighted by molar-refractivity contribution is 7.99. The largest absolute Gasteiger partial charge is 0.357 e. The first-order valence-corrected chi connectivity index (χ1v) is 10.3. The topological polar surface area (TPSA) is 49.4 Å². The SMILES string of the molecule is CNC(=O)C(C)N(Cc1ccccc1C)C(=O)CSCc1ccc(C)cc1. The first-order valence-electron chi connectivity index (χ1n) is 9.11. The van der Waals surface area contributed by atoms with Gasteiger partial charge in [0.25, 0.3) is 0 Å². The van der Waals surface area contributed by atoms with E-state index in [0.717, 1.165) is 16.9 Å². The molecule has 0 aliphatic carbocycles. The van der Waals surface area contributed by atoms with Gasteiger partial charge in [-0.25, -0.2) is 0 Å². The third-order valence-electron chi connectivity index (χ3n) is 4.63. The van der Waals surface area contributed by atoms with Crippen molar-refractivity contribution in [2.45, 2.75) is 39.1 Å². The fraction of sp³-hybridized carbons (Fsp3) is 0.364. The minimum absolute atomic E-state index is 0.0218. The van der Waals surface area contributed by atoms with Crippen molar-refractivity contribution in [3.05, 3.63) is 70.8 Å². The van der Waals surface area contributed by atoms with Crippen LogP contribution < -0.4 is 5.32 Å². The Morgan fingerprint density at radius 3 is 2.37 bits per heavy atom. The summed E-state index contributed by atoms with van der Waals surface area (Å²) in [4.78, 5) is 26.7. The van der Waals surface area contributed by atoms with Crippen LogP contribution >= 0.6 is 11.8 Å². The maximum atomic E-state index is 12.9. The standard InChI is InChI=1S/C22H28N2O2S/c1-16-9-11-19(12-10-16)14-27-15-21(25)24(18(3)22(26)23-4)13-20-8-6-5-7-17(20)2/h5-12,18H,13-15H2,1-4H3,(H,23,26). The van der Waals surface area contributed by atoms with Crippen LogP contribution in [0.1, 0.15) is 29.2 Å². The summed E-state index contributed by atoms with van der Waals surface area (Å²) >= 11 is 1.58. The molecule has 2 amide bonds. The average Bonchev–Trinajstić information content (AvgIpc) is 2.67. The normalized spacial score (nSPS) is 11.7. The van der Waals surface area contributed by atoms with E-state index in [-0.39, 0.29) is 11.8 Å². The molecule has 1 unspecified atom stereocenters. The van der Waals surface area contributed by atoms with E-state index >= 15 is 0 Å². The number of nitrogens with one attached hydrogen (secondary N) is 1. The highest BCUT2D eigenvalue weighted by atomic mass is 32.2. The van der Waals surface area contributed by atoms with Crippen molar-refractivity contribution in [3.63, 3.8) is 0 Å². The van der Waals surface area contributed by atoms with Gasteiger partial charge in [0.1, 0.15) is 6.04 Å². The third-order valence-corrected chi connectivity index (χ3v) is 5.62. The zero-order chi connectivity index (χ0) is 19.8. The monoisotopic (exact) mass is 384 g/mol. The molecule has 0 spiro atoms. The Kier molecular flexibility index (Phi) is 7.92. The van der Waals surface area contributed by atoms with Gasteiger partial charge in [-0.15, -0.1) is 11.8 Å². The predicted octanol–water partition coefficient (Wildman–Crippen LogP) is 3.70. The van der Waals surface area contributed by atoms with Crippen molar-refractivity contribution in [3.8, 4) is 0 Å². The van der Waals surface area contributed by atoms with E-state index in [1.807, 2.05) is 31.2 Å². The molecule has 2 aromatic carbocycles. The van der Waals surface area contributed by atoms with E-state index in [9.17, 15) is 9.59 Å². The minimum atomic E-state index is -0.512. The highest BCUT2D eigenvalue weighted by Gasteiger charge is 2.25. The summed E-state index contributed by atoms with van der Waals surface area (Å²) in [5, 5.41) is 2.65. The molecule has 2 rings (SSSR count). The van der Waals surface area contributed by atoms with Crippen LogP contribution in [0.3, 0.4) is 0 Å². The second kappa shape index (κ2) is 10.2. The molecule has 0 radical (unpaired) electrons. The lowest BCUT2D eigenvalue weighted by molar-refractivity contribution is -0.138. The molecule has 0 saturated carbocycles. The number of rotatable bonds is 8. The number of aryl methyl sites for hydroxylation is 2. The van der Waals surface area contributed by atoms with Gasteiger partial charge >= 0.3 is 0 Å². The van der Waals surface area contributed by atoms with E-state index in [1.165, 1.54) is 11.1 Å². The first-order chi connectivity index (χ1) is 12.9. The van der Waals surface area contributed by atoms with Crippen LogP contribution in [-0.2, 0) is 21.9 Å². The fourth-order valence-electron chi connectivity index (χ4n) is 2.79. The van der Waals surface area contributed by atoms with E-state index in [2.05, 4.69) is 36.5 Å². The molecule has 0 aliphatic heterocycles. The lowest BCUT2D eigenvalue weighted by atomic mass is 10.1. The Bertz CT molecular complexity index is 774. The van der Waals surface area contributed by atoms with Crippen LogP contribution in [-0.4, -0.2) is 35.6 Å². The molecule has 1 atom stereocenters. The number of thioether (sulfide) groups is 1. The predicted molar refractivity (Wildman–Crippen MR) is 113 cm³/mol. The van der Waals surface area contributed by atoms with Gasteiger partial charge in [0.15, 0.2) is 0 Å². The third kappa shape index (κ3) is 6.14. The van der Waals surface area contributed by atoms with E-state index in [1.54, 1.807) is 30.6 Å².